The normalized spacial score (nSPS) is 12.1. The molecule has 1 atom stereocenters. The van der Waals surface area contributed by atoms with E-state index >= 15 is 0 Å². The van der Waals surface area contributed by atoms with E-state index in [4.69, 9.17) is 0 Å². The highest BCUT2D eigenvalue weighted by molar-refractivity contribution is 5.40. The van der Waals surface area contributed by atoms with E-state index in [1.54, 1.807) is 0 Å². The van der Waals surface area contributed by atoms with Crippen molar-refractivity contribution in [2.24, 2.45) is 0 Å². The molecule has 7 heteroatoms. The van der Waals surface area contributed by atoms with Crippen LogP contribution in [0.4, 0.5) is 14.7 Å². The van der Waals surface area contributed by atoms with Crippen molar-refractivity contribution in [1.82, 2.24) is 20.2 Å². The average molecular weight is 301 g/mol. The van der Waals surface area contributed by atoms with E-state index in [0.717, 1.165) is 17.8 Å². The van der Waals surface area contributed by atoms with Gasteiger partial charge in [0.05, 0.1) is 11.7 Å². The second-order valence-corrected chi connectivity index (χ2v) is 4.79. The summed E-state index contributed by atoms with van der Waals surface area (Å²) in [6, 6.07) is 12.9. The summed E-state index contributed by atoms with van der Waals surface area (Å²) in [7, 11) is 0. The molecule has 3 aromatic rings. The molecule has 0 unspecified atom stereocenters. The number of para-hydroxylation sites is 1. The fraction of sp³-hybridized carbons (Fsp3) is 0.133. The Hall–Kier alpha value is -2.83. The Bertz CT molecular complexity index is 773. The van der Waals surface area contributed by atoms with Crippen LogP contribution in [0.25, 0.3) is 5.69 Å². The van der Waals surface area contributed by atoms with Crippen LogP contribution in [0.3, 0.4) is 0 Å². The summed E-state index contributed by atoms with van der Waals surface area (Å²) in [6.07, 6.45) is 0. The first-order chi connectivity index (χ1) is 10.6. The van der Waals surface area contributed by atoms with Crippen LogP contribution in [-0.2, 0) is 0 Å². The Morgan fingerprint density at radius 1 is 1.05 bits per heavy atom. The Morgan fingerprint density at radius 3 is 2.55 bits per heavy atom. The number of nitrogens with zero attached hydrogens (tertiary/aromatic N) is 4. The minimum absolute atomic E-state index is 0.288. The predicted molar refractivity (Wildman–Crippen MR) is 77.5 cm³/mol. The quantitative estimate of drug-likeness (QED) is 0.804. The molecule has 0 fully saturated rings. The second-order valence-electron chi connectivity index (χ2n) is 4.79. The standard InChI is InChI=1S/C15H13F2N5/c1-10(11-7-8-13(16)14(17)9-11)18-15-19-20-21-22(15)12-5-3-2-4-6-12/h2-10H,1H3,(H,18,19,21)/t10-/m0/s1. The Labute approximate surface area is 125 Å². The lowest BCUT2D eigenvalue weighted by Gasteiger charge is -2.15. The molecule has 1 heterocycles. The number of halogens is 2. The summed E-state index contributed by atoms with van der Waals surface area (Å²) < 4.78 is 27.8. The number of rotatable bonds is 4. The summed E-state index contributed by atoms with van der Waals surface area (Å²) in [5.41, 5.74) is 1.40. The zero-order valence-corrected chi connectivity index (χ0v) is 11.7. The van der Waals surface area contributed by atoms with Gasteiger partial charge in [-0.1, -0.05) is 29.4 Å². The van der Waals surface area contributed by atoms with Gasteiger partial charge in [-0.3, -0.25) is 0 Å². The number of anilines is 1. The van der Waals surface area contributed by atoms with Crippen LogP contribution >= 0.6 is 0 Å². The van der Waals surface area contributed by atoms with E-state index in [9.17, 15) is 8.78 Å². The SMILES string of the molecule is C[C@H](Nc1nnnn1-c1ccccc1)c1ccc(F)c(F)c1. The van der Waals surface area contributed by atoms with Gasteiger partial charge in [0.15, 0.2) is 11.6 Å². The van der Waals surface area contributed by atoms with Gasteiger partial charge in [-0.15, -0.1) is 0 Å². The van der Waals surface area contributed by atoms with E-state index in [0.29, 0.717) is 11.5 Å². The van der Waals surface area contributed by atoms with Gasteiger partial charge in [0.1, 0.15) is 0 Å². The highest BCUT2D eigenvalue weighted by Crippen LogP contribution is 2.20. The van der Waals surface area contributed by atoms with Crippen LogP contribution < -0.4 is 5.32 Å². The number of benzene rings is 2. The number of nitrogens with one attached hydrogen (secondary N) is 1. The molecule has 2 aromatic carbocycles. The third-order valence-corrected chi connectivity index (χ3v) is 3.26. The first-order valence-electron chi connectivity index (χ1n) is 6.70. The Morgan fingerprint density at radius 2 is 1.82 bits per heavy atom. The van der Waals surface area contributed by atoms with Crippen LogP contribution in [0.1, 0.15) is 18.5 Å². The molecular weight excluding hydrogens is 288 g/mol. The van der Waals surface area contributed by atoms with Crippen molar-refractivity contribution in [3.05, 3.63) is 65.7 Å². The topological polar surface area (TPSA) is 55.6 Å². The van der Waals surface area contributed by atoms with Crippen molar-refractivity contribution >= 4 is 5.95 Å². The molecule has 0 aliphatic rings. The lowest BCUT2D eigenvalue weighted by molar-refractivity contribution is 0.506. The van der Waals surface area contributed by atoms with Gasteiger partial charge in [0, 0.05) is 0 Å². The largest absolute Gasteiger partial charge is 0.346 e. The third kappa shape index (κ3) is 2.78. The zero-order valence-electron chi connectivity index (χ0n) is 11.7. The molecule has 112 valence electrons. The smallest absolute Gasteiger partial charge is 0.248 e. The summed E-state index contributed by atoms with van der Waals surface area (Å²) >= 11 is 0. The molecule has 5 nitrogen and oxygen atoms in total. The zero-order chi connectivity index (χ0) is 15.5. The van der Waals surface area contributed by atoms with Gasteiger partial charge in [-0.05, 0) is 47.2 Å². The monoisotopic (exact) mass is 301 g/mol. The molecule has 0 saturated carbocycles. The fourth-order valence-corrected chi connectivity index (χ4v) is 2.08. The van der Waals surface area contributed by atoms with Crippen LogP contribution in [0.2, 0.25) is 0 Å². The van der Waals surface area contributed by atoms with Crippen LogP contribution in [0.15, 0.2) is 48.5 Å². The second kappa shape index (κ2) is 5.88. The van der Waals surface area contributed by atoms with Crippen LogP contribution in [-0.4, -0.2) is 20.2 Å². The highest BCUT2D eigenvalue weighted by atomic mass is 19.2. The first kappa shape index (κ1) is 14.1. The molecule has 0 aliphatic carbocycles. The van der Waals surface area contributed by atoms with Crippen molar-refractivity contribution in [2.75, 3.05) is 5.32 Å². The van der Waals surface area contributed by atoms with Gasteiger partial charge >= 0.3 is 0 Å². The maximum atomic E-state index is 13.3. The molecule has 0 radical (unpaired) electrons. The van der Waals surface area contributed by atoms with E-state index in [1.807, 2.05) is 37.3 Å². The van der Waals surface area contributed by atoms with E-state index < -0.39 is 11.6 Å². The van der Waals surface area contributed by atoms with Gasteiger partial charge in [-0.25, -0.2) is 8.78 Å². The van der Waals surface area contributed by atoms with Crippen LogP contribution in [0, 0.1) is 11.6 Å². The van der Waals surface area contributed by atoms with Crippen LogP contribution in [0.5, 0.6) is 0 Å². The molecule has 1 aromatic heterocycles. The Kier molecular flexibility index (Phi) is 3.78. The highest BCUT2D eigenvalue weighted by Gasteiger charge is 2.14. The predicted octanol–water partition coefficient (Wildman–Crippen LogP) is 3.11. The van der Waals surface area contributed by atoms with E-state index in [2.05, 4.69) is 20.8 Å². The minimum atomic E-state index is -0.881. The molecule has 1 N–H and O–H groups in total. The molecule has 0 saturated heterocycles. The maximum absolute atomic E-state index is 13.3. The van der Waals surface area contributed by atoms with Crippen molar-refractivity contribution in [1.29, 1.82) is 0 Å². The van der Waals surface area contributed by atoms with E-state index in [-0.39, 0.29) is 6.04 Å². The van der Waals surface area contributed by atoms with Gasteiger partial charge < -0.3 is 5.32 Å². The summed E-state index contributed by atoms with van der Waals surface area (Å²) in [4.78, 5) is 0. The number of hydrogen-bond donors (Lipinski definition) is 1. The summed E-state index contributed by atoms with van der Waals surface area (Å²) in [5, 5.41) is 14.6. The third-order valence-electron chi connectivity index (χ3n) is 3.26. The van der Waals surface area contributed by atoms with E-state index in [1.165, 1.54) is 10.7 Å². The number of tetrazole rings is 1. The number of aromatic nitrogens is 4. The van der Waals surface area contributed by atoms with Gasteiger partial charge in [0.25, 0.3) is 0 Å². The minimum Gasteiger partial charge on any atom is -0.346 e. The fourth-order valence-electron chi connectivity index (χ4n) is 2.08. The molecule has 0 spiro atoms. The van der Waals surface area contributed by atoms with Crippen molar-refractivity contribution in [3.63, 3.8) is 0 Å². The summed E-state index contributed by atoms with van der Waals surface area (Å²) in [6.45, 7) is 1.82. The summed E-state index contributed by atoms with van der Waals surface area (Å²) in [5.74, 6) is -1.33. The molecule has 0 amide bonds. The average Bonchev–Trinajstić information content (AvgIpc) is 2.99. The lowest BCUT2D eigenvalue weighted by atomic mass is 10.1. The van der Waals surface area contributed by atoms with Crippen molar-refractivity contribution < 1.29 is 8.78 Å². The van der Waals surface area contributed by atoms with Crippen molar-refractivity contribution in [3.8, 4) is 5.69 Å². The Balaban J connectivity index is 1.85. The first-order valence-corrected chi connectivity index (χ1v) is 6.70. The lowest BCUT2D eigenvalue weighted by Crippen LogP contribution is -2.12. The number of hydrogen-bond acceptors (Lipinski definition) is 4. The molecular formula is C15H13F2N5. The van der Waals surface area contributed by atoms with Crippen molar-refractivity contribution in [2.45, 2.75) is 13.0 Å². The molecule has 22 heavy (non-hydrogen) atoms. The molecule has 3 rings (SSSR count). The van der Waals surface area contributed by atoms with Gasteiger partial charge in [-0.2, -0.15) is 4.68 Å². The maximum Gasteiger partial charge on any atom is 0.248 e. The molecule has 0 bridgehead atoms. The van der Waals surface area contributed by atoms with Gasteiger partial charge in [0.2, 0.25) is 5.95 Å². The molecule has 0 aliphatic heterocycles.